The van der Waals surface area contributed by atoms with Gasteiger partial charge in [0, 0.05) is 39.1 Å². The molecule has 0 amide bonds. The van der Waals surface area contributed by atoms with Crippen LogP contribution in [0.3, 0.4) is 0 Å². The first-order valence-electron chi connectivity index (χ1n) is 6.55. The first kappa shape index (κ1) is 16.0. The molecule has 5 nitrogen and oxygen atoms in total. The zero-order chi connectivity index (χ0) is 12.1. The van der Waals surface area contributed by atoms with E-state index in [1.165, 1.54) is 19.3 Å². The molecule has 0 saturated carbocycles. The van der Waals surface area contributed by atoms with Gasteiger partial charge in [0.2, 0.25) is 0 Å². The molecular weight excluding hydrogens is 345 g/mol. The summed E-state index contributed by atoms with van der Waals surface area (Å²) in [6.07, 6.45) is 4.97. The van der Waals surface area contributed by atoms with Crippen LogP contribution in [0.5, 0.6) is 0 Å². The molecule has 2 fully saturated rings. The molecule has 6 heteroatoms. The van der Waals surface area contributed by atoms with Crippen LogP contribution in [0, 0.1) is 0 Å². The van der Waals surface area contributed by atoms with Crippen molar-refractivity contribution < 1.29 is 9.84 Å². The first-order chi connectivity index (χ1) is 8.20. The van der Waals surface area contributed by atoms with E-state index in [0.717, 1.165) is 13.1 Å². The molecule has 0 radical (unpaired) electrons. The van der Waals surface area contributed by atoms with Gasteiger partial charge < -0.3 is 20.5 Å². The second-order valence-electron chi connectivity index (χ2n) is 5.06. The molecule has 0 spiro atoms. The SMILES string of the molecule is I.NC(=NCC1(O)CCOCC1)N1CCCCC1. The fourth-order valence-electron chi connectivity index (χ4n) is 2.36. The van der Waals surface area contributed by atoms with Crippen LogP contribution in [0.1, 0.15) is 32.1 Å². The summed E-state index contributed by atoms with van der Waals surface area (Å²) in [6, 6.07) is 0. The van der Waals surface area contributed by atoms with Crippen LogP contribution in [0.4, 0.5) is 0 Å². The number of rotatable bonds is 2. The Morgan fingerprint density at radius 2 is 1.83 bits per heavy atom. The Balaban J connectivity index is 0.00000162. The van der Waals surface area contributed by atoms with Gasteiger partial charge in [0.15, 0.2) is 5.96 Å². The van der Waals surface area contributed by atoms with Gasteiger partial charge in [0.05, 0.1) is 12.1 Å². The predicted octanol–water partition coefficient (Wildman–Crippen LogP) is 0.946. The van der Waals surface area contributed by atoms with Crippen molar-refractivity contribution in [1.82, 2.24) is 4.90 Å². The average Bonchev–Trinajstić information content (AvgIpc) is 2.38. The number of piperidine rings is 1. The lowest BCUT2D eigenvalue weighted by atomic mass is 9.95. The molecule has 3 N–H and O–H groups in total. The average molecular weight is 369 g/mol. The van der Waals surface area contributed by atoms with E-state index in [1.807, 2.05) is 0 Å². The van der Waals surface area contributed by atoms with Crippen LogP contribution in [-0.4, -0.2) is 54.4 Å². The number of hydrogen-bond acceptors (Lipinski definition) is 3. The Morgan fingerprint density at radius 3 is 2.44 bits per heavy atom. The molecule has 106 valence electrons. The fourth-order valence-corrected chi connectivity index (χ4v) is 2.36. The maximum atomic E-state index is 10.3. The van der Waals surface area contributed by atoms with Crippen LogP contribution in [0.25, 0.3) is 0 Å². The van der Waals surface area contributed by atoms with Crippen molar-refractivity contribution in [3.05, 3.63) is 0 Å². The van der Waals surface area contributed by atoms with E-state index >= 15 is 0 Å². The van der Waals surface area contributed by atoms with Crippen LogP contribution in [0.15, 0.2) is 4.99 Å². The summed E-state index contributed by atoms with van der Waals surface area (Å²) >= 11 is 0. The van der Waals surface area contributed by atoms with Gasteiger partial charge in [-0.25, -0.2) is 0 Å². The summed E-state index contributed by atoms with van der Waals surface area (Å²) < 4.78 is 5.24. The van der Waals surface area contributed by atoms with Crippen molar-refractivity contribution in [2.45, 2.75) is 37.7 Å². The lowest BCUT2D eigenvalue weighted by Gasteiger charge is -2.32. The minimum atomic E-state index is -0.710. The van der Waals surface area contributed by atoms with Crippen LogP contribution >= 0.6 is 24.0 Å². The summed E-state index contributed by atoms with van der Waals surface area (Å²) in [6.45, 7) is 3.64. The highest BCUT2D eigenvalue weighted by atomic mass is 127. The van der Waals surface area contributed by atoms with Gasteiger partial charge in [-0.2, -0.15) is 0 Å². The Morgan fingerprint density at radius 1 is 1.22 bits per heavy atom. The molecule has 0 unspecified atom stereocenters. The van der Waals surface area contributed by atoms with Crippen molar-refractivity contribution in [3.8, 4) is 0 Å². The largest absolute Gasteiger partial charge is 0.388 e. The smallest absolute Gasteiger partial charge is 0.191 e. The van der Waals surface area contributed by atoms with Gasteiger partial charge in [-0.1, -0.05) is 0 Å². The highest BCUT2D eigenvalue weighted by molar-refractivity contribution is 14.0. The van der Waals surface area contributed by atoms with Gasteiger partial charge in [0.25, 0.3) is 0 Å². The Bertz CT molecular complexity index is 274. The number of nitrogens with two attached hydrogens (primary N) is 1. The van der Waals surface area contributed by atoms with E-state index in [9.17, 15) is 5.11 Å². The lowest BCUT2D eigenvalue weighted by Crippen LogP contribution is -2.43. The van der Waals surface area contributed by atoms with Crippen molar-refractivity contribution in [2.24, 2.45) is 10.7 Å². The molecule has 2 aliphatic heterocycles. The fraction of sp³-hybridized carbons (Fsp3) is 0.917. The normalized spacial score (nSPS) is 24.5. The Labute approximate surface area is 126 Å². The van der Waals surface area contributed by atoms with Crippen LogP contribution < -0.4 is 5.73 Å². The third-order valence-electron chi connectivity index (χ3n) is 3.64. The quantitative estimate of drug-likeness (QED) is 0.432. The van der Waals surface area contributed by atoms with Crippen LogP contribution in [-0.2, 0) is 4.74 Å². The van der Waals surface area contributed by atoms with Gasteiger partial charge in [0.1, 0.15) is 0 Å². The van der Waals surface area contributed by atoms with Crippen molar-refractivity contribution >= 4 is 29.9 Å². The highest BCUT2D eigenvalue weighted by Gasteiger charge is 2.29. The van der Waals surface area contributed by atoms with E-state index in [-0.39, 0.29) is 24.0 Å². The Kier molecular flexibility index (Phi) is 6.65. The van der Waals surface area contributed by atoms with E-state index in [1.54, 1.807) is 0 Å². The maximum Gasteiger partial charge on any atom is 0.191 e. The molecule has 0 aromatic carbocycles. The number of aliphatic hydroxyl groups is 1. The summed E-state index contributed by atoms with van der Waals surface area (Å²) in [5, 5.41) is 10.3. The second-order valence-corrected chi connectivity index (χ2v) is 5.06. The number of hydrogen-bond donors (Lipinski definition) is 2. The molecule has 0 aromatic rings. The van der Waals surface area contributed by atoms with Crippen LogP contribution in [0.2, 0.25) is 0 Å². The lowest BCUT2D eigenvalue weighted by molar-refractivity contribution is -0.0566. The van der Waals surface area contributed by atoms with E-state index in [4.69, 9.17) is 10.5 Å². The number of aliphatic imine (C=N–C) groups is 1. The predicted molar refractivity (Wildman–Crippen MR) is 82.3 cm³/mol. The number of nitrogens with zero attached hydrogens (tertiary/aromatic N) is 2. The van der Waals surface area contributed by atoms with Gasteiger partial charge in [-0.3, -0.25) is 4.99 Å². The molecule has 0 aromatic heterocycles. The summed E-state index contributed by atoms with van der Waals surface area (Å²) in [5.74, 6) is 0.588. The molecule has 2 heterocycles. The third-order valence-corrected chi connectivity index (χ3v) is 3.64. The van der Waals surface area contributed by atoms with Gasteiger partial charge in [-0.15, -0.1) is 24.0 Å². The third kappa shape index (κ3) is 4.55. The highest BCUT2D eigenvalue weighted by Crippen LogP contribution is 2.20. The first-order valence-corrected chi connectivity index (χ1v) is 6.55. The molecule has 0 bridgehead atoms. The van der Waals surface area contributed by atoms with Gasteiger partial charge in [-0.05, 0) is 19.3 Å². The number of likely N-dealkylation sites (tertiary alicyclic amines) is 1. The van der Waals surface area contributed by atoms with Crippen molar-refractivity contribution in [3.63, 3.8) is 0 Å². The van der Waals surface area contributed by atoms with E-state index in [0.29, 0.717) is 38.6 Å². The molecule has 2 saturated heterocycles. The van der Waals surface area contributed by atoms with Crippen molar-refractivity contribution in [2.75, 3.05) is 32.8 Å². The Hall–Kier alpha value is -0.0800. The molecule has 2 aliphatic rings. The topological polar surface area (TPSA) is 71.1 Å². The van der Waals surface area contributed by atoms with Crippen molar-refractivity contribution in [1.29, 1.82) is 0 Å². The minimum absolute atomic E-state index is 0. The zero-order valence-corrected chi connectivity index (χ0v) is 13.1. The second kappa shape index (κ2) is 7.49. The monoisotopic (exact) mass is 369 g/mol. The number of guanidine groups is 1. The molecular formula is C12H24IN3O2. The molecule has 18 heavy (non-hydrogen) atoms. The standard InChI is InChI=1S/C12H23N3O2.HI/c13-11(15-6-2-1-3-7-15)14-10-12(16)4-8-17-9-5-12;/h16H,1-10H2,(H2,13,14);1H. The number of halogens is 1. The maximum absolute atomic E-state index is 10.3. The summed E-state index contributed by atoms with van der Waals surface area (Å²) in [4.78, 5) is 6.48. The summed E-state index contributed by atoms with van der Waals surface area (Å²) in [5.41, 5.74) is 5.25. The summed E-state index contributed by atoms with van der Waals surface area (Å²) in [7, 11) is 0. The number of ether oxygens (including phenoxy) is 1. The zero-order valence-electron chi connectivity index (χ0n) is 10.8. The van der Waals surface area contributed by atoms with E-state index in [2.05, 4.69) is 9.89 Å². The molecule has 2 rings (SSSR count). The molecule has 0 atom stereocenters. The molecule has 0 aliphatic carbocycles. The van der Waals surface area contributed by atoms with Gasteiger partial charge >= 0.3 is 0 Å². The minimum Gasteiger partial charge on any atom is -0.388 e. The van der Waals surface area contributed by atoms with E-state index < -0.39 is 5.60 Å².